The summed E-state index contributed by atoms with van der Waals surface area (Å²) in [5.74, 6) is 0.709. The standard InChI is InChI=1S/C28H34N4/c1-29-20-7-10-27-26(15-20)24-9-6-22(17-28(24)32(27)2)31-21-5-3-18-4-8-23(25(18)16-21)19-11-13-30-14-12-19/h3,5-6,8-9,16-17,19-20,29-31H,4,7,10-15H2,1-2H3. The molecule has 3 aliphatic rings. The molecule has 32 heavy (non-hydrogen) atoms. The summed E-state index contributed by atoms with van der Waals surface area (Å²) < 4.78 is 2.42. The van der Waals surface area contributed by atoms with E-state index in [0.717, 1.165) is 32.4 Å². The summed E-state index contributed by atoms with van der Waals surface area (Å²) in [6, 6.07) is 14.5. The van der Waals surface area contributed by atoms with Gasteiger partial charge in [-0.25, -0.2) is 0 Å². The maximum Gasteiger partial charge on any atom is 0.0503 e. The van der Waals surface area contributed by atoms with Crippen molar-refractivity contribution in [2.45, 2.75) is 44.6 Å². The Bertz CT molecular complexity index is 1200. The molecule has 1 unspecified atom stereocenters. The highest BCUT2D eigenvalue weighted by Gasteiger charge is 2.25. The monoisotopic (exact) mass is 426 g/mol. The number of aryl methyl sites for hydroxylation is 1. The third-order valence-electron chi connectivity index (χ3n) is 8.06. The average Bonchev–Trinajstić information content (AvgIpc) is 3.38. The first-order valence-corrected chi connectivity index (χ1v) is 12.3. The molecule has 4 nitrogen and oxygen atoms in total. The van der Waals surface area contributed by atoms with Crippen molar-refractivity contribution >= 4 is 27.9 Å². The summed E-state index contributed by atoms with van der Waals surface area (Å²) in [6.45, 7) is 2.29. The fraction of sp³-hybridized carbons (Fsp3) is 0.429. The molecule has 166 valence electrons. The molecule has 3 aromatic rings. The lowest BCUT2D eigenvalue weighted by Gasteiger charge is -2.25. The molecule has 1 fully saturated rings. The summed E-state index contributed by atoms with van der Waals surface area (Å²) in [5, 5.41) is 12.1. The highest BCUT2D eigenvalue weighted by atomic mass is 15.0. The van der Waals surface area contributed by atoms with Gasteiger partial charge in [0, 0.05) is 35.5 Å². The van der Waals surface area contributed by atoms with Crippen molar-refractivity contribution in [3.05, 3.63) is 64.9 Å². The molecule has 0 amide bonds. The maximum atomic E-state index is 3.71. The van der Waals surface area contributed by atoms with Crippen LogP contribution in [0.15, 0.2) is 42.5 Å². The van der Waals surface area contributed by atoms with Gasteiger partial charge in [-0.2, -0.15) is 0 Å². The molecule has 0 saturated carbocycles. The van der Waals surface area contributed by atoms with Crippen molar-refractivity contribution in [1.82, 2.24) is 15.2 Å². The smallest absolute Gasteiger partial charge is 0.0503 e. The average molecular weight is 427 g/mol. The van der Waals surface area contributed by atoms with Crippen molar-refractivity contribution in [3.63, 3.8) is 0 Å². The van der Waals surface area contributed by atoms with E-state index >= 15 is 0 Å². The fourth-order valence-electron chi connectivity index (χ4n) is 6.21. The number of hydrogen-bond acceptors (Lipinski definition) is 3. The van der Waals surface area contributed by atoms with Gasteiger partial charge >= 0.3 is 0 Å². The lowest BCUT2D eigenvalue weighted by atomic mass is 9.86. The fourth-order valence-corrected chi connectivity index (χ4v) is 6.21. The summed E-state index contributed by atoms with van der Waals surface area (Å²) in [6.07, 6.45) is 9.59. The van der Waals surface area contributed by atoms with Gasteiger partial charge in [0.25, 0.3) is 0 Å². The molecule has 2 heterocycles. The Morgan fingerprint density at radius 3 is 2.66 bits per heavy atom. The van der Waals surface area contributed by atoms with E-state index in [2.05, 4.69) is 77.1 Å². The van der Waals surface area contributed by atoms with E-state index < -0.39 is 0 Å². The van der Waals surface area contributed by atoms with E-state index in [4.69, 9.17) is 0 Å². The van der Waals surface area contributed by atoms with Gasteiger partial charge < -0.3 is 20.5 Å². The van der Waals surface area contributed by atoms with Crippen LogP contribution in [0.1, 0.15) is 41.6 Å². The second-order valence-electron chi connectivity index (χ2n) is 9.83. The van der Waals surface area contributed by atoms with Gasteiger partial charge in [0.1, 0.15) is 0 Å². The zero-order valence-electron chi connectivity index (χ0n) is 19.3. The summed E-state index contributed by atoms with van der Waals surface area (Å²) in [5.41, 5.74) is 11.3. The molecule has 0 radical (unpaired) electrons. The van der Waals surface area contributed by atoms with Crippen molar-refractivity contribution in [2.75, 3.05) is 25.5 Å². The van der Waals surface area contributed by atoms with Crippen molar-refractivity contribution in [3.8, 4) is 0 Å². The second-order valence-corrected chi connectivity index (χ2v) is 9.83. The number of benzene rings is 2. The van der Waals surface area contributed by atoms with E-state index in [1.54, 1.807) is 5.57 Å². The maximum absolute atomic E-state index is 3.71. The number of hydrogen-bond donors (Lipinski definition) is 3. The molecule has 3 N–H and O–H groups in total. The first-order valence-electron chi connectivity index (χ1n) is 12.3. The van der Waals surface area contributed by atoms with Gasteiger partial charge in [-0.1, -0.05) is 18.2 Å². The van der Waals surface area contributed by atoms with Crippen LogP contribution in [0.4, 0.5) is 11.4 Å². The summed E-state index contributed by atoms with van der Waals surface area (Å²) in [7, 11) is 4.32. The molecule has 6 rings (SSSR count). The van der Waals surface area contributed by atoms with E-state index in [0.29, 0.717) is 12.0 Å². The molecule has 1 aliphatic heterocycles. The van der Waals surface area contributed by atoms with E-state index in [9.17, 15) is 0 Å². The van der Waals surface area contributed by atoms with Crippen molar-refractivity contribution in [2.24, 2.45) is 13.0 Å². The van der Waals surface area contributed by atoms with Crippen LogP contribution < -0.4 is 16.0 Å². The Balaban J connectivity index is 1.29. The molecule has 1 saturated heterocycles. The molecule has 4 heteroatoms. The predicted octanol–water partition coefficient (Wildman–Crippen LogP) is 4.94. The summed E-state index contributed by atoms with van der Waals surface area (Å²) in [4.78, 5) is 0. The second kappa shape index (κ2) is 8.09. The first-order chi connectivity index (χ1) is 15.7. The molecular weight excluding hydrogens is 392 g/mol. The Hall–Kier alpha value is -2.56. The number of nitrogens with one attached hydrogen (secondary N) is 3. The number of fused-ring (bicyclic) bond motifs is 4. The Kier molecular flexibility index (Phi) is 5.08. The number of likely N-dealkylation sites (N-methyl/N-ethyl adjacent to an activating group) is 1. The zero-order valence-corrected chi connectivity index (χ0v) is 19.3. The van der Waals surface area contributed by atoms with Crippen LogP contribution in [0.2, 0.25) is 0 Å². The Labute approximate surface area is 191 Å². The van der Waals surface area contributed by atoms with Crippen LogP contribution in [-0.4, -0.2) is 30.7 Å². The molecule has 0 bridgehead atoms. The van der Waals surface area contributed by atoms with Gasteiger partial charge in [0.15, 0.2) is 0 Å². The van der Waals surface area contributed by atoms with Gasteiger partial charge in [0.2, 0.25) is 0 Å². The molecule has 2 aromatic carbocycles. The van der Waals surface area contributed by atoms with Gasteiger partial charge in [-0.3, -0.25) is 0 Å². The van der Waals surface area contributed by atoms with Crippen LogP contribution >= 0.6 is 0 Å². The minimum absolute atomic E-state index is 0.597. The first kappa shape index (κ1) is 20.1. The molecule has 0 spiro atoms. The number of piperidine rings is 1. The number of nitrogens with zero attached hydrogens (tertiary/aromatic N) is 1. The third-order valence-corrected chi connectivity index (χ3v) is 8.06. The van der Waals surface area contributed by atoms with E-state index in [1.807, 2.05) is 0 Å². The highest BCUT2D eigenvalue weighted by molar-refractivity contribution is 5.89. The highest BCUT2D eigenvalue weighted by Crippen LogP contribution is 2.39. The number of allylic oxidation sites excluding steroid dienone is 2. The van der Waals surface area contributed by atoms with Gasteiger partial charge in [-0.15, -0.1) is 0 Å². The largest absolute Gasteiger partial charge is 0.355 e. The van der Waals surface area contributed by atoms with Crippen LogP contribution in [-0.2, 0) is 26.3 Å². The molecular formula is C28H34N4. The molecule has 1 aromatic heterocycles. The zero-order chi connectivity index (χ0) is 21.7. The molecule has 1 atom stereocenters. The minimum atomic E-state index is 0.597. The normalized spacial score (nSPS) is 20.8. The Morgan fingerprint density at radius 2 is 1.81 bits per heavy atom. The number of rotatable bonds is 4. The van der Waals surface area contributed by atoms with Gasteiger partial charge in [-0.05, 0) is 111 Å². The van der Waals surface area contributed by atoms with Crippen molar-refractivity contribution in [1.29, 1.82) is 0 Å². The van der Waals surface area contributed by atoms with Crippen LogP contribution in [0.5, 0.6) is 0 Å². The third kappa shape index (κ3) is 3.37. The lowest BCUT2D eigenvalue weighted by Crippen LogP contribution is -2.31. The molecule has 2 aliphatic carbocycles. The number of anilines is 2. The van der Waals surface area contributed by atoms with Crippen LogP contribution in [0, 0.1) is 5.92 Å². The quantitative estimate of drug-likeness (QED) is 0.554. The van der Waals surface area contributed by atoms with Gasteiger partial charge in [0.05, 0.1) is 5.52 Å². The predicted molar refractivity (Wildman–Crippen MR) is 135 cm³/mol. The van der Waals surface area contributed by atoms with E-state index in [1.165, 1.54) is 63.9 Å². The minimum Gasteiger partial charge on any atom is -0.355 e. The Morgan fingerprint density at radius 1 is 1.00 bits per heavy atom. The van der Waals surface area contributed by atoms with Crippen LogP contribution in [0.25, 0.3) is 16.5 Å². The SMILES string of the molecule is CNC1CCc2c(c3ccc(Nc4ccc5c(c4)C(C4CCNCC4)=CC5)cc3n2C)C1. The summed E-state index contributed by atoms with van der Waals surface area (Å²) >= 11 is 0. The topological polar surface area (TPSA) is 41.0 Å². The van der Waals surface area contributed by atoms with E-state index in [-0.39, 0.29) is 0 Å². The number of aromatic nitrogens is 1. The lowest BCUT2D eigenvalue weighted by molar-refractivity contribution is 0.447. The van der Waals surface area contributed by atoms with Crippen LogP contribution in [0.3, 0.4) is 0 Å². The van der Waals surface area contributed by atoms with Crippen molar-refractivity contribution < 1.29 is 0 Å².